The highest BCUT2D eigenvalue weighted by Gasteiger charge is 2.38. The molecule has 1 aliphatic carbocycles. The van der Waals surface area contributed by atoms with Crippen LogP contribution in [0, 0.1) is 0 Å². The van der Waals surface area contributed by atoms with E-state index in [-0.39, 0.29) is 18.5 Å². The molecular formula is C14H13BrN2O3. The van der Waals surface area contributed by atoms with Gasteiger partial charge in [0, 0.05) is 17.6 Å². The number of carbonyl (C=O) groups excluding carboxylic acids is 3. The molecule has 0 unspecified atom stereocenters. The summed E-state index contributed by atoms with van der Waals surface area (Å²) in [4.78, 5) is 39.0. The molecule has 1 aromatic rings. The monoisotopic (exact) mass is 336 g/mol. The van der Waals surface area contributed by atoms with E-state index in [2.05, 4.69) is 15.9 Å². The summed E-state index contributed by atoms with van der Waals surface area (Å²) in [7, 11) is 1.74. The maximum absolute atomic E-state index is 12.1. The Kier molecular flexibility index (Phi) is 3.12. The Balaban J connectivity index is 1.86. The molecule has 1 fully saturated rings. The van der Waals surface area contributed by atoms with Gasteiger partial charge < -0.3 is 4.90 Å². The van der Waals surface area contributed by atoms with Crippen molar-refractivity contribution in [1.29, 1.82) is 0 Å². The van der Waals surface area contributed by atoms with E-state index in [0.29, 0.717) is 11.3 Å². The van der Waals surface area contributed by atoms with Crippen molar-refractivity contribution >= 4 is 39.2 Å². The van der Waals surface area contributed by atoms with Gasteiger partial charge in [0.15, 0.2) is 0 Å². The molecule has 2 amide bonds. The van der Waals surface area contributed by atoms with E-state index < -0.39 is 11.7 Å². The third-order valence-electron chi connectivity index (χ3n) is 3.72. The lowest BCUT2D eigenvalue weighted by Crippen LogP contribution is -2.41. The maximum atomic E-state index is 12.1. The number of hydrogen-bond acceptors (Lipinski definition) is 3. The number of anilines is 1. The molecule has 2 aliphatic rings. The van der Waals surface area contributed by atoms with E-state index in [1.54, 1.807) is 30.1 Å². The molecule has 3 rings (SSSR count). The van der Waals surface area contributed by atoms with Crippen LogP contribution in [0.3, 0.4) is 0 Å². The molecule has 0 radical (unpaired) electrons. The van der Waals surface area contributed by atoms with Gasteiger partial charge in [-0.05, 0) is 31.0 Å². The second-order valence-electron chi connectivity index (χ2n) is 5.12. The lowest BCUT2D eigenvalue weighted by molar-refractivity contribution is -0.130. The second kappa shape index (κ2) is 4.70. The van der Waals surface area contributed by atoms with Crippen molar-refractivity contribution in [2.45, 2.75) is 18.9 Å². The first-order valence-electron chi connectivity index (χ1n) is 6.40. The lowest BCUT2D eigenvalue weighted by Gasteiger charge is -2.21. The van der Waals surface area contributed by atoms with Crippen LogP contribution in [-0.4, -0.2) is 42.1 Å². The molecule has 0 saturated heterocycles. The third kappa shape index (κ3) is 2.14. The Labute approximate surface area is 124 Å². The van der Waals surface area contributed by atoms with Crippen molar-refractivity contribution in [3.8, 4) is 0 Å². The SMILES string of the molecule is CN(C(=O)CN1C(=O)C(=O)c2ccc(Br)cc21)C1CC1. The average Bonchev–Trinajstić information content (AvgIpc) is 3.23. The van der Waals surface area contributed by atoms with Gasteiger partial charge in [-0.3, -0.25) is 19.3 Å². The number of fused-ring (bicyclic) bond motifs is 1. The standard InChI is InChI=1S/C14H13BrN2O3/c1-16(9-3-4-9)12(18)7-17-11-6-8(15)2-5-10(11)13(19)14(17)20/h2,5-6,9H,3-4,7H2,1H3. The van der Waals surface area contributed by atoms with Gasteiger partial charge in [-0.2, -0.15) is 0 Å². The molecule has 0 bridgehead atoms. The van der Waals surface area contributed by atoms with Crippen LogP contribution in [0.25, 0.3) is 0 Å². The Hall–Kier alpha value is -1.69. The Morgan fingerprint density at radius 2 is 2.10 bits per heavy atom. The van der Waals surface area contributed by atoms with Gasteiger partial charge in [-0.1, -0.05) is 15.9 Å². The van der Waals surface area contributed by atoms with Crippen LogP contribution in [0.4, 0.5) is 5.69 Å². The molecule has 0 N–H and O–H groups in total. The minimum absolute atomic E-state index is 0.0823. The van der Waals surface area contributed by atoms with E-state index in [0.717, 1.165) is 17.3 Å². The van der Waals surface area contributed by atoms with Crippen LogP contribution < -0.4 is 4.90 Å². The van der Waals surface area contributed by atoms with E-state index >= 15 is 0 Å². The zero-order chi connectivity index (χ0) is 14.4. The van der Waals surface area contributed by atoms with Crippen LogP contribution in [0.15, 0.2) is 22.7 Å². The van der Waals surface area contributed by atoms with Crippen molar-refractivity contribution in [1.82, 2.24) is 4.90 Å². The number of rotatable bonds is 3. The molecule has 6 heteroatoms. The number of amides is 2. The average molecular weight is 337 g/mol. The van der Waals surface area contributed by atoms with Crippen molar-refractivity contribution in [2.24, 2.45) is 0 Å². The predicted octanol–water partition coefficient (Wildman–Crippen LogP) is 1.60. The van der Waals surface area contributed by atoms with Gasteiger partial charge in [0.05, 0.1) is 11.3 Å². The summed E-state index contributed by atoms with van der Waals surface area (Å²) in [5.41, 5.74) is 0.868. The first kappa shape index (κ1) is 13.3. The molecule has 5 nitrogen and oxygen atoms in total. The number of benzene rings is 1. The van der Waals surface area contributed by atoms with Gasteiger partial charge >= 0.3 is 0 Å². The van der Waals surface area contributed by atoms with E-state index in [1.165, 1.54) is 4.90 Å². The van der Waals surface area contributed by atoms with Gasteiger partial charge in [0.2, 0.25) is 5.91 Å². The van der Waals surface area contributed by atoms with Crippen molar-refractivity contribution in [3.05, 3.63) is 28.2 Å². The number of likely N-dealkylation sites (N-methyl/N-ethyl adjacent to an activating group) is 1. The molecule has 104 valence electrons. The topological polar surface area (TPSA) is 57.7 Å². The molecule has 20 heavy (non-hydrogen) atoms. The summed E-state index contributed by atoms with van der Waals surface area (Å²) < 4.78 is 0.770. The van der Waals surface area contributed by atoms with Crippen LogP contribution in [0.2, 0.25) is 0 Å². The van der Waals surface area contributed by atoms with Gasteiger partial charge in [0.25, 0.3) is 11.7 Å². The summed E-state index contributed by atoms with van der Waals surface area (Å²) in [6.45, 7) is -0.0823. The highest BCUT2D eigenvalue weighted by molar-refractivity contribution is 9.10. The molecule has 1 aliphatic heterocycles. The quantitative estimate of drug-likeness (QED) is 0.788. The minimum atomic E-state index is -0.629. The van der Waals surface area contributed by atoms with Gasteiger partial charge in [-0.25, -0.2) is 0 Å². The van der Waals surface area contributed by atoms with Crippen molar-refractivity contribution < 1.29 is 14.4 Å². The zero-order valence-corrected chi connectivity index (χ0v) is 12.5. The fourth-order valence-electron chi connectivity index (χ4n) is 2.34. The van der Waals surface area contributed by atoms with E-state index in [9.17, 15) is 14.4 Å². The summed E-state index contributed by atoms with van der Waals surface area (Å²) in [6, 6.07) is 5.31. The fraction of sp³-hybridized carbons (Fsp3) is 0.357. The normalized spacial score (nSPS) is 17.4. The Morgan fingerprint density at radius 1 is 1.40 bits per heavy atom. The number of halogens is 1. The highest BCUT2D eigenvalue weighted by Crippen LogP contribution is 2.32. The summed E-state index contributed by atoms with van der Waals surface area (Å²) in [6.07, 6.45) is 2.02. The molecular weight excluding hydrogens is 324 g/mol. The van der Waals surface area contributed by atoms with Crippen molar-refractivity contribution in [3.63, 3.8) is 0 Å². The molecule has 1 aromatic carbocycles. The number of ketones is 1. The lowest BCUT2D eigenvalue weighted by atomic mass is 10.1. The minimum Gasteiger partial charge on any atom is -0.341 e. The summed E-state index contributed by atoms with van der Waals surface area (Å²) in [5, 5.41) is 0. The van der Waals surface area contributed by atoms with Crippen molar-refractivity contribution in [2.75, 3.05) is 18.5 Å². The van der Waals surface area contributed by atoms with Crippen LogP contribution in [-0.2, 0) is 9.59 Å². The zero-order valence-electron chi connectivity index (χ0n) is 10.9. The van der Waals surface area contributed by atoms with E-state index in [4.69, 9.17) is 0 Å². The number of carbonyl (C=O) groups is 3. The van der Waals surface area contributed by atoms with Crippen LogP contribution in [0.1, 0.15) is 23.2 Å². The molecule has 1 saturated carbocycles. The van der Waals surface area contributed by atoms with Gasteiger partial charge in [0.1, 0.15) is 6.54 Å². The summed E-state index contributed by atoms with van der Waals surface area (Å²) >= 11 is 3.32. The molecule has 0 atom stereocenters. The molecule has 0 aromatic heterocycles. The highest BCUT2D eigenvalue weighted by atomic mass is 79.9. The van der Waals surface area contributed by atoms with E-state index in [1.807, 2.05) is 0 Å². The smallest absolute Gasteiger partial charge is 0.299 e. The van der Waals surface area contributed by atoms with Crippen LogP contribution >= 0.6 is 15.9 Å². The number of hydrogen-bond donors (Lipinski definition) is 0. The second-order valence-corrected chi connectivity index (χ2v) is 6.03. The first-order valence-corrected chi connectivity index (χ1v) is 7.19. The molecule has 0 spiro atoms. The number of Topliss-reactive ketones (excluding diaryl/α,β-unsaturated/α-hetero) is 1. The largest absolute Gasteiger partial charge is 0.341 e. The predicted molar refractivity (Wildman–Crippen MR) is 76.6 cm³/mol. The maximum Gasteiger partial charge on any atom is 0.299 e. The number of nitrogens with zero attached hydrogens (tertiary/aromatic N) is 2. The fourth-order valence-corrected chi connectivity index (χ4v) is 2.69. The first-order chi connectivity index (χ1) is 9.49. The Bertz CT molecular complexity index is 625. The van der Waals surface area contributed by atoms with Gasteiger partial charge in [-0.15, -0.1) is 0 Å². The molecule has 1 heterocycles. The Morgan fingerprint density at radius 3 is 2.75 bits per heavy atom. The summed E-state index contributed by atoms with van der Waals surface area (Å²) in [5.74, 6) is -1.31. The third-order valence-corrected chi connectivity index (χ3v) is 4.21. The van der Waals surface area contributed by atoms with Crippen LogP contribution in [0.5, 0.6) is 0 Å².